The van der Waals surface area contributed by atoms with E-state index in [0.717, 1.165) is 24.4 Å². The average molecular weight is 250 g/mol. The van der Waals surface area contributed by atoms with Crippen LogP contribution in [-0.4, -0.2) is 57.8 Å². The van der Waals surface area contributed by atoms with Gasteiger partial charge in [0, 0.05) is 39.1 Å². The maximum atomic E-state index is 9.06. The van der Waals surface area contributed by atoms with Crippen LogP contribution in [-0.2, 0) is 11.3 Å². The van der Waals surface area contributed by atoms with Gasteiger partial charge in [-0.2, -0.15) is 0 Å². The highest BCUT2D eigenvalue weighted by atomic mass is 16.5. The van der Waals surface area contributed by atoms with E-state index in [0.29, 0.717) is 13.2 Å². The molecule has 1 N–H and O–H groups in total. The first-order valence-electron chi connectivity index (χ1n) is 5.93. The van der Waals surface area contributed by atoms with Crippen molar-refractivity contribution in [2.24, 2.45) is 0 Å². The van der Waals surface area contributed by atoms with Crippen molar-refractivity contribution >= 4 is 5.65 Å². The molecule has 0 spiro atoms. The summed E-state index contributed by atoms with van der Waals surface area (Å²) in [6, 6.07) is 0. The predicted octanol–water partition coefficient (Wildman–Crippen LogP) is 0.170. The molecule has 2 rings (SSSR count). The van der Waals surface area contributed by atoms with Crippen molar-refractivity contribution in [1.29, 1.82) is 0 Å². The van der Waals surface area contributed by atoms with Crippen LogP contribution >= 0.6 is 0 Å². The first-order valence-corrected chi connectivity index (χ1v) is 5.93. The quantitative estimate of drug-likeness (QED) is 0.759. The minimum Gasteiger partial charge on any atom is -0.395 e. The molecule has 0 radical (unpaired) electrons. The van der Waals surface area contributed by atoms with Gasteiger partial charge in [-0.05, 0) is 0 Å². The van der Waals surface area contributed by atoms with Crippen LogP contribution < -0.4 is 0 Å². The zero-order valence-electron chi connectivity index (χ0n) is 10.5. The van der Waals surface area contributed by atoms with Crippen molar-refractivity contribution in [3.63, 3.8) is 0 Å². The molecule has 0 unspecified atom stereocenters. The fourth-order valence-corrected chi connectivity index (χ4v) is 1.87. The van der Waals surface area contributed by atoms with Gasteiger partial charge in [-0.1, -0.05) is 0 Å². The molecule has 0 aliphatic rings. The van der Waals surface area contributed by atoms with E-state index in [2.05, 4.69) is 14.9 Å². The molecule has 6 heteroatoms. The van der Waals surface area contributed by atoms with E-state index < -0.39 is 0 Å². The minimum absolute atomic E-state index is 0.141. The van der Waals surface area contributed by atoms with Gasteiger partial charge in [0.2, 0.25) is 0 Å². The third-order valence-corrected chi connectivity index (χ3v) is 2.81. The summed E-state index contributed by atoms with van der Waals surface area (Å²) in [6.45, 7) is 2.94. The Bertz CT molecular complexity index is 486. The molecule has 6 nitrogen and oxygen atoms in total. The molecule has 98 valence electrons. The van der Waals surface area contributed by atoms with Crippen molar-refractivity contribution in [2.75, 3.05) is 33.4 Å². The molecule has 2 aromatic heterocycles. The largest absolute Gasteiger partial charge is 0.395 e. The number of fused-ring (bicyclic) bond motifs is 1. The smallest absolute Gasteiger partial charge is 0.155 e. The SMILES string of the molecule is COCCN(CCO)Cc1cnc2cnccn12. The van der Waals surface area contributed by atoms with Gasteiger partial charge in [-0.25, -0.2) is 4.98 Å². The van der Waals surface area contributed by atoms with Crippen molar-refractivity contribution in [1.82, 2.24) is 19.3 Å². The summed E-state index contributed by atoms with van der Waals surface area (Å²) in [5, 5.41) is 9.06. The summed E-state index contributed by atoms with van der Waals surface area (Å²) in [5.74, 6) is 0. The van der Waals surface area contributed by atoms with Crippen LogP contribution in [0.3, 0.4) is 0 Å². The second kappa shape index (κ2) is 6.44. The summed E-state index contributed by atoms with van der Waals surface area (Å²) in [6.07, 6.45) is 7.21. The Hall–Kier alpha value is -1.50. The number of aliphatic hydroxyl groups excluding tert-OH is 1. The normalized spacial score (nSPS) is 11.5. The number of hydrogen-bond donors (Lipinski definition) is 1. The monoisotopic (exact) mass is 250 g/mol. The molecule has 0 aromatic carbocycles. The van der Waals surface area contributed by atoms with Crippen molar-refractivity contribution in [2.45, 2.75) is 6.54 Å². The van der Waals surface area contributed by atoms with Gasteiger partial charge in [0.15, 0.2) is 5.65 Å². The molecule has 0 saturated carbocycles. The molecular weight excluding hydrogens is 232 g/mol. The molecular formula is C12H18N4O2. The van der Waals surface area contributed by atoms with E-state index in [1.807, 2.05) is 16.8 Å². The third-order valence-electron chi connectivity index (χ3n) is 2.81. The highest BCUT2D eigenvalue weighted by molar-refractivity contribution is 5.36. The number of ether oxygens (including phenoxy) is 1. The Morgan fingerprint density at radius 3 is 3.06 bits per heavy atom. The van der Waals surface area contributed by atoms with Crippen LogP contribution in [0.25, 0.3) is 5.65 Å². The van der Waals surface area contributed by atoms with Gasteiger partial charge in [0.25, 0.3) is 0 Å². The maximum absolute atomic E-state index is 9.06. The lowest BCUT2D eigenvalue weighted by Gasteiger charge is -2.20. The van der Waals surface area contributed by atoms with Crippen molar-refractivity contribution < 1.29 is 9.84 Å². The van der Waals surface area contributed by atoms with Gasteiger partial charge in [-0.15, -0.1) is 0 Å². The molecule has 0 aliphatic heterocycles. The lowest BCUT2D eigenvalue weighted by molar-refractivity contribution is 0.126. The van der Waals surface area contributed by atoms with E-state index in [1.165, 1.54) is 0 Å². The number of rotatable bonds is 7. The summed E-state index contributed by atoms with van der Waals surface area (Å²) in [7, 11) is 1.68. The van der Waals surface area contributed by atoms with Gasteiger partial charge in [0.05, 0.1) is 31.3 Å². The van der Waals surface area contributed by atoms with Crippen LogP contribution in [0.1, 0.15) is 5.69 Å². The summed E-state index contributed by atoms with van der Waals surface area (Å²) in [4.78, 5) is 10.5. The van der Waals surface area contributed by atoms with Crippen LogP contribution in [0.15, 0.2) is 24.8 Å². The highest BCUT2D eigenvalue weighted by Crippen LogP contribution is 2.07. The van der Waals surface area contributed by atoms with Crippen molar-refractivity contribution in [3.05, 3.63) is 30.5 Å². The molecule has 0 bridgehead atoms. The first kappa shape index (κ1) is 12.9. The van der Waals surface area contributed by atoms with Gasteiger partial charge in [0.1, 0.15) is 0 Å². The van der Waals surface area contributed by atoms with Gasteiger partial charge in [-0.3, -0.25) is 14.3 Å². The summed E-state index contributed by atoms with van der Waals surface area (Å²) in [5.41, 5.74) is 1.92. The van der Waals surface area contributed by atoms with Crippen LogP contribution in [0.2, 0.25) is 0 Å². The molecule has 18 heavy (non-hydrogen) atoms. The van der Waals surface area contributed by atoms with E-state index in [4.69, 9.17) is 9.84 Å². The Kier molecular flexibility index (Phi) is 4.63. The number of hydrogen-bond acceptors (Lipinski definition) is 5. The lowest BCUT2D eigenvalue weighted by Crippen LogP contribution is -2.30. The first-order chi connectivity index (χ1) is 8.85. The number of nitrogens with zero attached hydrogens (tertiary/aromatic N) is 4. The van der Waals surface area contributed by atoms with Gasteiger partial charge >= 0.3 is 0 Å². The Morgan fingerprint density at radius 2 is 2.28 bits per heavy atom. The summed E-state index contributed by atoms with van der Waals surface area (Å²) >= 11 is 0. The number of imidazole rings is 1. The molecule has 0 amide bonds. The summed E-state index contributed by atoms with van der Waals surface area (Å²) < 4.78 is 7.07. The lowest BCUT2D eigenvalue weighted by atomic mass is 10.4. The molecule has 2 aromatic rings. The number of aliphatic hydroxyl groups is 1. The molecule has 0 saturated heterocycles. The van der Waals surface area contributed by atoms with E-state index >= 15 is 0 Å². The second-order valence-corrected chi connectivity index (χ2v) is 4.05. The van der Waals surface area contributed by atoms with E-state index in [-0.39, 0.29) is 6.61 Å². The minimum atomic E-state index is 0.141. The van der Waals surface area contributed by atoms with Gasteiger partial charge < -0.3 is 9.84 Å². The van der Waals surface area contributed by atoms with Crippen LogP contribution in [0.4, 0.5) is 0 Å². The van der Waals surface area contributed by atoms with Crippen molar-refractivity contribution in [3.8, 4) is 0 Å². The maximum Gasteiger partial charge on any atom is 0.155 e. The number of methoxy groups -OCH3 is 1. The number of aromatic nitrogens is 3. The zero-order chi connectivity index (χ0) is 12.8. The topological polar surface area (TPSA) is 62.9 Å². The Balaban J connectivity index is 2.10. The fourth-order valence-electron chi connectivity index (χ4n) is 1.87. The molecule has 2 heterocycles. The molecule has 0 aliphatic carbocycles. The Labute approximate surface area is 106 Å². The van der Waals surface area contributed by atoms with Crippen LogP contribution in [0, 0.1) is 0 Å². The third kappa shape index (κ3) is 3.04. The second-order valence-electron chi connectivity index (χ2n) is 4.05. The standard InChI is InChI=1S/C12H18N4O2/c1-18-7-5-15(4-6-17)10-11-8-14-12-9-13-2-3-16(11)12/h2-3,8-9,17H,4-7,10H2,1H3. The highest BCUT2D eigenvalue weighted by Gasteiger charge is 2.09. The molecule has 0 atom stereocenters. The fraction of sp³-hybridized carbons (Fsp3) is 0.500. The molecule has 0 fully saturated rings. The van der Waals surface area contributed by atoms with Crippen LogP contribution in [0.5, 0.6) is 0 Å². The average Bonchev–Trinajstić information content (AvgIpc) is 2.80. The Morgan fingerprint density at radius 1 is 1.39 bits per heavy atom. The van der Waals surface area contributed by atoms with E-state index in [9.17, 15) is 0 Å². The predicted molar refractivity (Wildman–Crippen MR) is 67.2 cm³/mol. The van der Waals surface area contributed by atoms with E-state index in [1.54, 1.807) is 19.5 Å². The zero-order valence-corrected chi connectivity index (χ0v) is 10.5.